The first-order valence-corrected chi connectivity index (χ1v) is 12.1. The van der Waals surface area contributed by atoms with Gasteiger partial charge in [-0.1, -0.05) is 57.5 Å². The predicted octanol–water partition coefficient (Wildman–Crippen LogP) is 4.62. The summed E-state index contributed by atoms with van der Waals surface area (Å²) in [5.74, 6) is 0.721. The van der Waals surface area contributed by atoms with Crippen molar-refractivity contribution in [2.24, 2.45) is 0 Å². The smallest absolute Gasteiger partial charge is 0.407 e. The van der Waals surface area contributed by atoms with Crippen LogP contribution in [-0.4, -0.2) is 56.0 Å². The topological polar surface area (TPSA) is 92.9 Å². The van der Waals surface area contributed by atoms with Crippen molar-refractivity contribution in [3.8, 4) is 0 Å². The molecule has 0 spiro atoms. The molecule has 186 valence electrons. The number of hydrogen-bond acceptors (Lipinski definition) is 6. The largest absolute Gasteiger partial charge is 0.462 e. The number of aromatic nitrogens is 1. The number of nitrogens with one attached hydrogen (secondary N) is 2. The Bertz CT molecular complexity index is 928. The standard InChI is InChI=1S/C26H37N3O5/c1-5-6-14-33-25(30)20-15-23(28-24(20)18(2)3)29-13-12-21(22(16-29)32-4)27-26(31)34-17-19-10-8-7-9-11-19/h7-11,15,18,21-22,28H,5-6,12-14,16-17H2,1-4H3,(H,27,31). The number of ether oxygens (including phenoxy) is 3. The van der Waals surface area contributed by atoms with Crippen molar-refractivity contribution in [1.29, 1.82) is 0 Å². The molecule has 0 bridgehead atoms. The Balaban J connectivity index is 1.60. The highest BCUT2D eigenvalue weighted by atomic mass is 16.5. The van der Waals surface area contributed by atoms with Crippen LogP contribution in [-0.2, 0) is 20.8 Å². The highest BCUT2D eigenvalue weighted by Crippen LogP contribution is 2.28. The van der Waals surface area contributed by atoms with E-state index in [0.29, 0.717) is 31.7 Å². The Morgan fingerprint density at radius 1 is 1.21 bits per heavy atom. The summed E-state index contributed by atoms with van der Waals surface area (Å²) in [6.45, 7) is 8.09. The number of unbranched alkanes of at least 4 members (excludes halogenated alkanes) is 1. The molecule has 2 aromatic rings. The van der Waals surface area contributed by atoms with E-state index in [1.165, 1.54) is 0 Å². The zero-order valence-electron chi connectivity index (χ0n) is 20.6. The van der Waals surface area contributed by atoms with Gasteiger partial charge in [-0.3, -0.25) is 0 Å². The zero-order chi connectivity index (χ0) is 24.5. The Labute approximate surface area is 202 Å². The minimum Gasteiger partial charge on any atom is -0.462 e. The molecule has 0 radical (unpaired) electrons. The van der Waals surface area contributed by atoms with Crippen LogP contribution in [0.2, 0.25) is 0 Å². The molecule has 8 heteroatoms. The maximum Gasteiger partial charge on any atom is 0.407 e. The minimum absolute atomic E-state index is 0.152. The van der Waals surface area contributed by atoms with E-state index in [4.69, 9.17) is 14.2 Å². The molecular formula is C26H37N3O5. The van der Waals surface area contributed by atoms with Crippen LogP contribution in [0.1, 0.15) is 67.6 Å². The lowest BCUT2D eigenvalue weighted by atomic mass is 10.0. The molecule has 1 saturated heterocycles. The van der Waals surface area contributed by atoms with Gasteiger partial charge in [0.2, 0.25) is 0 Å². The highest BCUT2D eigenvalue weighted by molar-refractivity contribution is 5.92. The summed E-state index contributed by atoms with van der Waals surface area (Å²) in [6.07, 6.45) is 1.84. The fourth-order valence-electron chi connectivity index (χ4n) is 4.09. The van der Waals surface area contributed by atoms with Crippen LogP contribution in [0, 0.1) is 0 Å². The van der Waals surface area contributed by atoms with Gasteiger partial charge in [-0.2, -0.15) is 0 Å². The van der Waals surface area contributed by atoms with Gasteiger partial charge in [0.25, 0.3) is 0 Å². The van der Waals surface area contributed by atoms with Gasteiger partial charge in [-0.05, 0) is 30.4 Å². The summed E-state index contributed by atoms with van der Waals surface area (Å²) in [5, 5.41) is 2.95. The molecule has 1 amide bonds. The molecule has 1 aromatic carbocycles. The predicted molar refractivity (Wildman–Crippen MR) is 131 cm³/mol. The van der Waals surface area contributed by atoms with Crippen molar-refractivity contribution in [3.05, 3.63) is 53.2 Å². The zero-order valence-corrected chi connectivity index (χ0v) is 20.6. The van der Waals surface area contributed by atoms with Gasteiger partial charge in [-0.25, -0.2) is 9.59 Å². The lowest BCUT2D eigenvalue weighted by Gasteiger charge is -2.38. The van der Waals surface area contributed by atoms with Gasteiger partial charge in [0.15, 0.2) is 0 Å². The number of rotatable bonds is 10. The highest BCUT2D eigenvalue weighted by Gasteiger charge is 2.32. The van der Waals surface area contributed by atoms with Gasteiger partial charge in [0.05, 0.1) is 24.3 Å². The third-order valence-electron chi connectivity index (χ3n) is 6.08. The normalized spacial score (nSPS) is 18.1. The lowest BCUT2D eigenvalue weighted by Crippen LogP contribution is -2.55. The summed E-state index contributed by atoms with van der Waals surface area (Å²) in [6, 6.07) is 11.3. The third-order valence-corrected chi connectivity index (χ3v) is 6.08. The number of alkyl carbamates (subject to hydrolysis) is 1. The summed E-state index contributed by atoms with van der Waals surface area (Å²) >= 11 is 0. The molecule has 34 heavy (non-hydrogen) atoms. The Morgan fingerprint density at radius 2 is 1.97 bits per heavy atom. The van der Waals surface area contributed by atoms with E-state index < -0.39 is 6.09 Å². The summed E-state index contributed by atoms with van der Waals surface area (Å²) in [7, 11) is 1.64. The number of amides is 1. The molecule has 8 nitrogen and oxygen atoms in total. The molecule has 2 heterocycles. The van der Waals surface area contributed by atoms with E-state index >= 15 is 0 Å². The van der Waals surface area contributed by atoms with Gasteiger partial charge in [-0.15, -0.1) is 0 Å². The van der Waals surface area contributed by atoms with Crippen molar-refractivity contribution >= 4 is 17.9 Å². The molecule has 3 rings (SSSR count). The Hall–Kier alpha value is -3.00. The Kier molecular flexibility index (Phi) is 9.39. The van der Waals surface area contributed by atoms with Gasteiger partial charge in [0.1, 0.15) is 12.4 Å². The first kappa shape index (κ1) is 25.6. The monoisotopic (exact) mass is 471 g/mol. The second-order valence-corrected chi connectivity index (χ2v) is 8.95. The number of carbonyl (C=O) groups excluding carboxylic acids is 2. The third kappa shape index (κ3) is 6.76. The second-order valence-electron chi connectivity index (χ2n) is 8.95. The van der Waals surface area contributed by atoms with Crippen molar-refractivity contribution < 1.29 is 23.8 Å². The molecular weight excluding hydrogens is 434 g/mol. The van der Waals surface area contributed by atoms with Crippen LogP contribution in [0.25, 0.3) is 0 Å². The average Bonchev–Trinajstić information content (AvgIpc) is 3.30. The van der Waals surface area contributed by atoms with Gasteiger partial charge < -0.3 is 29.4 Å². The first-order chi connectivity index (χ1) is 16.4. The molecule has 2 N–H and O–H groups in total. The van der Waals surface area contributed by atoms with Crippen LogP contribution < -0.4 is 10.2 Å². The van der Waals surface area contributed by atoms with Crippen LogP contribution in [0.3, 0.4) is 0 Å². The molecule has 1 aliphatic rings. The quantitative estimate of drug-likeness (QED) is 0.388. The molecule has 2 unspecified atom stereocenters. The van der Waals surface area contributed by atoms with Crippen LogP contribution in [0.15, 0.2) is 36.4 Å². The van der Waals surface area contributed by atoms with E-state index in [0.717, 1.165) is 29.9 Å². The molecule has 1 aliphatic heterocycles. The number of esters is 1. The maximum absolute atomic E-state index is 12.7. The second kappa shape index (κ2) is 12.5. The van der Waals surface area contributed by atoms with E-state index in [9.17, 15) is 9.59 Å². The lowest BCUT2D eigenvalue weighted by molar-refractivity contribution is 0.0498. The van der Waals surface area contributed by atoms with Crippen LogP contribution in [0.5, 0.6) is 0 Å². The fraction of sp³-hybridized carbons (Fsp3) is 0.538. The number of H-pyrrole nitrogens is 1. The first-order valence-electron chi connectivity index (χ1n) is 12.1. The summed E-state index contributed by atoms with van der Waals surface area (Å²) in [5.41, 5.74) is 2.39. The average molecular weight is 472 g/mol. The van der Waals surface area contributed by atoms with Crippen molar-refractivity contribution in [1.82, 2.24) is 10.3 Å². The maximum atomic E-state index is 12.7. The number of methoxy groups -OCH3 is 1. The van der Waals surface area contributed by atoms with Gasteiger partial charge >= 0.3 is 12.1 Å². The SMILES string of the molecule is CCCCOC(=O)c1cc(N2CCC(NC(=O)OCc3ccccc3)C(OC)C2)[nH]c1C(C)C. The number of benzene rings is 1. The van der Waals surface area contributed by atoms with Crippen molar-refractivity contribution in [2.75, 3.05) is 31.7 Å². The Morgan fingerprint density at radius 3 is 2.65 bits per heavy atom. The molecule has 1 aromatic heterocycles. The van der Waals surface area contributed by atoms with Crippen LogP contribution >= 0.6 is 0 Å². The van der Waals surface area contributed by atoms with E-state index in [2.05, 4.69) is 22.1 Å². The van der Waals surface area contributed by atoms with E-state index in [1.54, 1.807) is 7.11 Å². The molecule has 1 fully saturated rings. The van der Waals surface area contributed by atoms with Crippen LogP contribution in [0.4, 0.5) is 10.6 Å². The van der Waals surface area contributed by atoms with E-state index in [-0.39, 0.29) is 30.6 Å². The molecule has 0 saturated carbocycles. The van der Waals surface area contributed by atoms with Crippen molar-refractivity contribution in [2.45, 2.75) is 64.7 Å². The molecule has 2 atom stereocenters. The summed E-state index contributed by atoms with van der Waals surface area (Å²) in [4.78, 5) is 30.6. The number of nitrogens with zero attached hydrogens (tertiary/aromatic N) is 1. The number of aromatic amines is 1. The molecule has 0 aliphatic carbocycles. The number of hydrogen-bond donors (Lipinski definition) is 2. The number of anilines is 1. The number of carbonyl (C=O) groups is 2. The van der Waals surface area contributed by atoms with E-state index in [1.807, 2.05) is 50.2 Å². The minimum atomic E-state index is -0.455. The fourth-order valence-corrected chi connectivity index (χ4v) is 4.09. The number of piperidine rings is 1. The van der Waals surface area contributed by atoms with Crippen molar-refractivity contribution in [3.63, 3.8) is 0 Å². The van der Waals surface area contributed by atoms with Gasteiger partial charge in [0, 0.05) is 25.9 Å². The summed E-state index contributed by atoms with van der Waals surface area (Å²) < 4.78 is 16.5.